The Morgan fingerprint density at radius 3 is 2.33 bits per heavy atom. The summed E-state index contributed by atoms with van der Waals surface area (Å²) in [7, 11) is 0. The van der Waals surface area contributed by atoms with E-state index in [1.165, 1.54) is 11.1 Å². The minimum atomic E-state index is -0.283. The van der Waals surface area contributed by atoms with Crippen LogP contribution in [0.1, 0.15) is 31.9 Å². The molecule has 0 aliphatic carbocycles. The molecule has 5 heteroatoms. The maximum absolute atomic E-state index is 11.4. The van der Waals surface area contributed by atoms with Crippen molar-refractivity contribution in [3.05, 3.63) is 23.3 Å². The van der Waals surface area contributed by atoms with Crippen molar-refractivity contribution in [1.29, 1.82) is 0 Å². The molecule has 0 radical (unpaired) electrons. The normalized spacial score (nSPS) is 16.1. The van der Waals surface area contributed by atoms with Gasteiger partial charge in [-0.15, -0.1) is 0 Å². The first-order chi connectivity index (χ1) is 10.1. The number of fused-ring (bicyclic) bond motifs is 1. The highest BCUT2D eigenvalue weighted by atomic mass is 16.5. The third-order valence-electron chi connectivity index (χ3n) is 3.87. The molecule has 2 rings (SSSR count). The molecule has 5 nitrogen and oxygen atoms in total. The van der Waals surface area contributed by atoms with Crippen LogP contribution < -0.4 is 15.2 Å². The van der Waals surface area contributed by atoms with E-state index in [4.69, 9.17) is 15.2 Å². The molecule has 2 N–H and O–H groups in total. The van der Waals surface area contributed by atoms with Gasteiger partial charge in [-0.1, -0.05) is 0 Å². The molecule has 1 aliphatic heterocycles. The molecule has 1 atom stereocenters. The molecule has 21 heavy (non-hydrogen) atoms. The number of nitrogens with two attached hydrogens (primary N) is 1. The summed E-state index contributed by atoms with van der Waals surface area (Å²) >= 11 is 0. The van der Waals surface area contributed by atoms with E-state index in [1.54, 1.807) is 0 Å². The number of amides is 1. The van der Waals surface area contributed by atoms with Gasteiger partial charge >= 0.3 is 0 Å². The zero-order valence-electron chi connectivity index (χ0n) is 13.0. The van der Waals surface area contributed by atoms with Gasteiger partial charge in [0.05, 0.1) is 19.3 Å². The van der Waals surface area contributed by atoms with E-state index in [2.05, 4.69) is 11.0 Å². The lowest BCUT2D eigenvalue weighted by atomic mass is 9.97. The highest BCUT2D eigenvalue weighted by Crippen LogP contribution is 2.34. The molecule has 0 bridgehead atoms. The summed E-state index contributed by atoms with van der Waals surface area (Å²) in [4.78, 5) is 13.5. The van der Waals surface area contributed by atoms with E-state index in [1.807, 2.05) is 26.8 Å². The fourth-order valence-corrected chi connectivity index (χ4v) is 2.63. The average Bonchev–Trinajstić information content (AvgIpc) is 2.47. The first-order valence-corrected chi connectivity index (χ1v) is 7.51. The number of ether oxygens (including phenoxy) is 2. The van der Waals surface area contributed by atoms with E-state index in [-0.39, 0.29) is 11.9 Å². The van der Waals surface area contributed by atoms with E-state index in [0.717, 1.165) is 24.5 Å². The summed E-state index contributed by atoms with van der Waals surface area (Å²) in [6.07, 6.45) is 0.888. The van der Waals surface area contributed by atoms with Crippen LogP contribution in [0.25, 0.3) is 0 Å². The van der Waals surface area contributed by atoms with Crippen molar-refractivity contribution in [2.24, 2.45) is 5.73 Å². The molecule has 0 saturated carbocycles. The lowest BCUT2D eigenvalue weighted by Gasteiger charge is -2.32. The molecule has 1 aromatic carbocycles. The largest absolute Gasteiger partial charge is 0.490 e. The highest BCUT2D eigenvalue weighted by molar-refractivity contribution is 5.79. The Morgan fingerprint density at radius 1 is 1.24 bits per heavy atom. The van der Waals surface area contributed by atoms with Crippen LogP contribution in [0.2, 0.25) is 0 Å². The van der Waals surface area contributed by atoms with Crippen molar-refractivity contribution in [3.8, 4) is 11.5 Å². The summed E-state index contributed by atoms with van der Waals surface area (Å²) in [6, 6.07) is 3.85. The molecule has 0 fully saturated rings. The maximum atomic E-state index is 11.4. The second-order valence-electron chi connectivity index (χ2n) is 5.23. The van der Waals surface area contributed by atoms with Crippen molar-refractivity contribution in [3.63, 3.8) is 0 Å². The molecular formula is C16H24N2O3. The van der Waals surface area contributed by atoms with Crippen molar-refractivity contribution in [2.75, 3.05) is 19.8 Å². The number of nitrogens with zero attached hydrogens (tertiary/aromatic N) is 1. The van der Waals surface area contributed by atoms with Crippen LogP contribution in [0.3, 0.4) is 0 Å². The standard InChI is InChI=1S/C16H24N2O3/c1-4-20-14-8-12-6-7-18(11(3)16(17)19)10-13(12)9-15(14)21-5-2/h8-9,11H,4-7,10H2,1-3H3,(H2,17,19)/t11-/m0/s1. The molecule has 1 heterocycles. The number of hydrogen-bond acceptors (Lipinski definition) is 4. The van der Waals surface area contributed by atoms with Gasteiger partial charge in [0.15, 0.2) is 11.5 Å². The van der Waals surface area contributed by atoms with Gasteiger partial charge in [-0.2, -0.15) is 0 Å². The number of benzene rings is 1. The first-order valence-electron chi connectivity index (χ1n) is 7.51. The Hall–Kier alpha value is -1.75. The van der Waals surface area contributed by atoms with Crippen molar-refractivity contribution in [2.45, 2.75) is 39.8 Å². The van der Waals surface area contributed by atoms with Gasteiger partial charge in [-0.05, 0) is 50.5 Å². The van der Waals surface area contributed by atoms with E-state index in [9.17, 15) is 4.79 Å². The summed E-state index contributed by atoms with van der Waals surface area (Å²) in [5.41, 5.74) is 7.84. The zero-order valence-corrected chi connectivity index (χ0v) is 13.0. The summed E-state index contributed by atoms with van der Waals surface area (Å²) in [5, 5.41) is 0. The summed E-state index contributed by atoms with van der Waals surface area (Å²) < 4.78 is 11.3. The second kappa shape index (κ2) is 6.80. The predicted molar refractivity (Wildman–Crippen MR) is 81.6 cm³/mol. The first kappa shape index (κ1) is 15.6. The smallest absolute Gasteiger partial charge is 0.234 e. The number of primary amides is 1. The minimum absolute atomic E-state index is 0.250. The van der Waals surface area contributed by atoms with Gasteiger partial charge in [0, 0.05) is 13.1 Å². The maximum Gasteiger partial charge on any atom is 0.234 e. The fraction of sp³-hybridized carbons (Fsp3) is 0.562. The molecule has 0 saturated heterocycles. The quantitative estimate of drug-likeness (QED) is 0.867. The van der Waals surface area contributed by atoms with Crippen molar-refractivity contribution in [1.82, 2.24) is 4.90 Å². The molecule has 1 aliphatic rings. The molecule has 0 unspecified atom stereocenters. The minimum Gasteiger partial charge on any atom is -0.490 e. The van der Waals surface area contributed by atoms with Crippen LogP contribution in [-0.2, 0) is 17.8 Å². The molecule has 0 aromatic heterocycles. The van der Waals surface area contributed by atoms with Gasteiger partial charge in [-0.3, -0.25) is 9.69 Å². The van der Waals surface area contributed by atoms with E-state index >= 15 is 0 Å². The van der Waals surface area contributed by atoms with Crippen molar-refractivity contribution >= 4 is 5.91 Å². The Morgan fingerprint density at radius 2 is 1.81 bits per heavy atom. The SMILES string of the molecule is CCOc1cc2c(cc1OCC)CN([C@@H](C)C(N)=O)CC2. The third kappa shape index (κ3) is 3.47. The molecule has 116 valence electrons. The predicted octanol–water partition coefficient (Wildman–Crippen LogP) is 1.72. The van der Waals surface area contributed by atoms with Crippen LogP contribution in [0.4, 0.5) is 0 Å². The van der Waals surface area contributed by atoms with Gasteiger partial charge in [-0.25, -0.2) is 0 Å². The Balaban J connectivity index is 2.26. The Kier molecular flexibility index (Phi) is 5.07. The highest BCUT2D eigenvalue weighted by Gasteiger charge is 2.25. The van der Waals surface area contributed by atoms with Crippen LogP contribution in [0.5, 0.6) is 11.5 Å². The second-order valence-corrected chi connectivity index (χ2v) is 5.23. The lowest BCUT2D eigenvalue weighted by Crippen LogP contribution is -2.45. The van der Waals surface area contributed by atoms with Crippen LogP contribution >= 0.6 is 0 Å². The average molecular weight is 292 g/mol. The Bertz CT molecular complexity index is 516. The molecule has 1 aromatic rings. The van der Waals surface area contributed by atoms with Crippen molar-refractivity contribution < 1.29 is 14.3 Å². The van der Waals surface area contributed by atoms with Crippen LogP contribution in [0.15, 0.2) is 12.1 Å². The number of rotatable bonds is 6. The number of carbonyl (C=O) groups is 1. The monoisotopic (exact) mass is 292 g/mol. The fourth-order valence-electron chi connectivity index (χ4n) is 2.63. The molecule has 1 amide bonds. The van der Waals surface area contributed by atoms with E-state index in [0.29, 0.717) is 19.8 Å². The van der Waals surface area contributed by atoms with Gasteiger partial charge in [0.1, 0.15) is 0 Å². The van der Waals surface area contributed by atoms with Gasteiger partial charge in [0.25, 0.3) is 0 Å². The molecular weight excluding hydrogens is 268 g/mol. The third-order valence-corrected chi connectivity index (χ3v) is 3.87. The number of hydrogen-bond donors (Lipinski definition) is 1. The van der Waals surface area contributed by atoms with Crippen LogP contribution in [-0.4, -0.2) is 36.6 Å². The topological polar surface area (TPSA) is 64.8 Å². The summed E-state index contributed by atoms with van der Waals surface area (Å²) in [5.74, 6) is 1.29. The summed E-state index contributed by atoms with van der Waals surface area (Å²) in [6.45, 7) is 8.53. The molecule has 0 spiro atoms. The van der Waals surface area contributed by atoms with Gasteiger partial charge < -0.3 is 15.2 Å². The van der Waals surface area contributed by atoms with Crippen LogP contribution in [0, 0.1) is 0 Å². The zero-order chi connectivity index (χ0) is 15.4. The number of carbonyl (C=O) groups excluding carboxylic acids is 1. The Labute approximate surface area is 126 Å². The van der Waals surface area contributed by atoms with E-state index < -0.39 is 0 Å². The lowest BCUT2D eigenvalue weighted by molar-refractivity contribution is -0.123. The van der Waals surface area contributed by atoms with Gasteiger partial charge in [0.2, 0.25) is 5.91 Å².